The molecule has 1 amide bonds. The molecule has 0 unspecified atom stereocenters. The number of fused-ring (bicyclic) bond motifs is 1. The summed E-state index contributed by atoms with van der Waals surface area (Å²) in [4.78, 5) is 26.2. The fourth-order valence-electron chi connectivity index (χ4n) is 1.29. The average Bonchev–Trinajstić information content (AvgIpc) is 2.17. The summed E-state index contributed by atoms with van der Waals surface area (Å²) in [5.41, 5.74) is 7.13. The smallest absolute Gasteiger partial charge is 0.438 e. The summed E-state index contributed by atoms with van der Waals surface area (Å²) in [6.45, 7) is 0. The molecule has 0 aliphatic carbocycles. The zero-order chi connectivity index (χ0) is 10.3. The normalized spacial score (nSPS) is 24.7. The van der Waals surface area contributed by atoms with Crippen molar-refractivity contribution in [1.82, 2.24) is 4.90 Å². The van der Waals surface area contributed by atoms with Gasteiger partial charge in [-0.1, -0.05) is 0 Å². The van der Waals surface area contributed by atoms with Crippen LogP contribution < -0.4 is 0 Å². The van der Waals surface area contributed by atoms with Gasteiger partial charge in [-0.05, 0) is 0 Å². The molecule has 0 spiro atoms. The number of thioether (sulfide) groups is 1. The maximum absolute atomic E-state index is 11.2. The van der Waals surface area contributed by atoms with Crippen LogP contribution in [0.5, 0.6) is 0 Å². The Morgan fingerprint density at radius 1 is 1.79 bits per heavy atom. The molecule has 2 aliphatic heterocycles. The maximum atomic E-state index is 11.2. The predicted molar refractivity (Wildman–Crippen MR) is 46.8 cm³/mol. The number of aliphatic carboxylic acids is 1. The van der Waals surface area contributed by atoms with Crippen molar-refractivity contribution in [1.29, 1.82) is 5.53 Å². The zero-order valence-corrected chi connectivity index (χ0v) is 7.74. The third kappa shape index (κ3) is 1.07. The summed E-state index contributed by atoms with van der Waals surface area (Å²) in [6.07, 6.45) is 1.32. The number of rotatable bonds is 1. The fraction of sp³-hybridized carbons (Fsp3) is 0.286. The molecule has 6 nitrogen and oxygen atoms in total. The number of nitrogens with zero attached hydrogens (tertiary/aromatic N) is 2. The van der Waals surface area contributed by atoms with E-state index < -0.39 is 5.97 Å². The Kier molecular flexibility index (Phi) is 1.90. The Balaban J connectivity index is 2.28. The van der Waals surface area contributed by atoms with Crippen molar-refractivity contribution in [3.8, 4) is 0 Å². The van der Waals surface area contributed by atoms with Gasteiger partial charge >= 0.3 is 17.6 Å². The number of amides is 1. The lowest BCUT2D eigenvalue weighted by Gasteiger charge is -2.34. The number of hydrogen-bond acceptors (Lipinski definition) is 4. The molecule has 0 aromatic rings. The molecule has 0 aromatic heterocycles. The standard InChI is InChI=1S/C7H5N3O3S/c8-9-4-5(11)10-1-3(7(12)13)2-14-6(4)10/h1,6,8H,2H2/p+1/t6-/m1/s1. The molecule has 0 saturated carbocycles. The molecule has 72 valence electrons. The van der Waals surface area contributed by atoms with Gasteiger partial charge in [0.05, 0.1) is 15.9 Å². The Bertz CT molecular complexity index is 410. The van der Waals surface area contributed by atoms with Crippen LogP contribution in [0.2, 0.25) is 0 Å². The lowest BCUT2D eigenvalue weighted by atomic mass is 10.1. The van der Waals surface area contributed by atoms with Crippen molar-refractivity contribution < 1.29 is 19.5 Å². The molecule has 2 rings (SSSR count). The first-order valence-electron chi connectivity index (χ1n) is 3.77. The molecule has 2 aliphatic rings. The van der Waals surface area contributed by atoms with Gasteiger partial charge < -0.3 is 5.11 Å². The first kappa shape index (κ1) is 8.98. The van der Waals surface area contributed by atoms with E-state index in [2.05, 4.69) is 4.79 Å². The summed E-state index contributed by atoms with van der Waals surface area (Å²) in [7, 11) is 0. The van der Waals surface area contributed by atoms with Gasteiger partial charge in [-0.15, -0.1) is 11.8 Å². The van der Waals surface area contributed by atoms with Gasteiger partial charge in [0, 0.05) is 12.0 Å². The molecule has 1 saturated heterocycles. The van der Waals surface area contributed by atoms with Crippen molar-refractivity contribution >= 4 is 29.4 Å². The second kappa shape index (κ2) is 2.97. The van der Waals surface area contributed by atoms with E-state index in [9.17, 15) is 9.59 Å². The first-order valence-corrected chi connectivity index (χ1v) is 4.82. The van der Waals surface area contributed by atoms with Crippen molar-refractivity contribution in [2.24, 2.45) is 0 Å². The van der Waals surface area contributed by atoms with Crippen LogP contribution in [-0.4, -0.2) is 43.5 Å². The second-order valence-corrected chi connectivity index (χ2v) is 3.90. The second-order valence-electron chi connectivity index (χ2n) is 2.83. The predicted octanol–water partition coefficient (Wildman–Crippen LogP) is -0.450. The van der Waals surface area contributed by atoms with E-state index in [4.69, 9.17) is 10.6 Å². The molecule has 14 heavy (non-hydrogen) atoms. The first-order chi connectivity index (χ1) is 6.65. The molecule has 7 heteroatoms. The molecule has 1 fully saturated rings. The molecule has 0 radical (unpaired) electrons. The van der Waals surface area contributed by atoms with Crippen LogP contribution in [0, 0.1) is 5.53 Å². The van der Waals surface area contributed by atoms with E-state index >= 15 is 0 Å². The molecule has 2 N–H and O–H groups in total. The lowest BCUT2D eigenvalue weighted by molar-refractivity contribution is -0.153. The highest BCUT2D eigenvalue weighted by Crippen LogP contribution is 2.33. The van der Waals surface area contributed by atoms with Crippen LogP contribution in [-0.2, 0) is 9.59 Å². The quantitative estimate of drug-likeness (QED) is 0.349. The number of carbonyl (C=O) groups excluding carboxylic acids is 1. The van der Waals surface area contributed by atoms with E-state index in [1.54, 1.807) is 0 Å². The summed E-state index contributed by atoms with van der Waals surface area (Å²) in [6, 6.07) is 0. The van der Waals surface area contributed by atoms with Crippen molar-refractivity contribution in [3.63, 3.8) is 0 Å². The molecular weight excluding hydrogens is 206 g/mol. The van der Waals surface area contributed by atoms with Crippen LogP contribution in [0.4, 0.5) is 0 Å². The minimum Gasteiger partial charge on any atom is -0.478 e. The highest BCUT2D eigenvalue weighted by atomic mass is 32.2. The third-order valence-electron chi connectivity index (χ3n) is 2.03. The summed E-state index contributed by atoms with van der Waals surface area (Å²) < 4.78 is 0. The van der Waals surface area contributed by atoms with Gasteiger partial charge in [0.25, 0.3) is 0 Å². The minimum atomic E-state index is -1.01. The molecule has 0 bridgehead atoms. The number of carboxylic acids is 1. The van der Waals surface area contributed by atoms with Crippen LogP contribution in [0.3, 0.4) is 0 Å². The number of β-lactam (4-membered cyclic amide) rings is 1. The average molecular weight is 212 g/mol. The summed E-state index contributed by atoms with van der Waals surface area (Å²) in [5.74, 6) is -1.06. The molecule has 2 heterocycles. The highest BCUT2D eigenvalue weighted by Gasteiger charge is 2.55. The van der Waals surface area contributed by atoms with Gasteiger partial charge in [-0.3, -0.25) is 9.69 Å². The fourth-order valence-corrected chi connectivity index (χ4v) is 2.45. The Morgan fingerprint density at radius 3 is 3.07 bits per heavy atom. The zero-order valence-electron chi connectivity index (χ0n) is 6.93. The maximum Gasteiger partial charge on any atom is 0.438 e. The van der Waals surface area contributed by atoms with Crippen LogP contribution >= 0.6 is 11.8 Å². The number of carboxylic acid groups (broad SMARTS) is 1. The van der Waals surface area contributed by atoms with Gasteiger partial charge in [-0.2, -0.15) is 0 Å². The third-order valence-corrected chi connectivity index (χ3v) is 3.27. The van der Waals surface area contributed by atoms with E-state index in [0.29, 0.717) is 5.75 Å². The van der Waals surface area contributed by atoms with Gasteiger partial charge in [0.1, 0.15) is 0 Å². The van der Waals surface area contributed by atoms with Crippen LogP contribution in [0.1, 0.15) is 0 Å². The SMILES string of the molecule is N=[N+]=C1C(=O)N2C=C(C(=O)O)CS[C@H]12. The molecule has 0 aromatic carbocycles. The summed E-state index contributed by atoms with van der Waals surface area (Å²) >= 11 is 1.29. The van der Waals surface area contributed by atoms with E-state index in [1.165, 1.54) is 22.9 Å². The van der Waals surface area contributed by atoms with E-state index in [0.717, 1.165) is 0 Å². The Morgan fingerprint density at radius 2 is 2.50 bits per heavy atom. The molecule has 1 atom stereocenters. The van der Waals surface area contributed by atoms with Gasteiger partial charge in [-0.25, -0.2) is 4.79 Å². The lowest BCUT2D eigenvalue weighted by Crippen LogP contribution is -2.59. The largest absolute Gasteiger partial charge is 0.478 e. The molecular formula is C7H6N3O3S+. The van der Waals surface area contributed by atoms with Crippen molar-refractivity contribution in [3.05, 3.63) is 11.8 Å². The van der Waals surface area contributed by atoms with Gasteiger partial charge in [0.2, 0.25) is 0 Å². The van der Waals surface area contributed by atoms with Crippen LogP contribution in [0.15, 0.2) is 11.8 Å². The highest BCUT2D eigenvalue weighted by molar-refractivity contribution is 8.01. The Labute approximate surface area is 82.8 Å². The monoisotopic (exact) mass is 212 g/mol. The summed E-state index contributed by atoms with van der Waals surface area (Å²) in [5, 5.41) is 8.43. The topological polar surface area (TPSA) is 95.6 Å². The van der Waals surface area contributed by atoms with Crippen molar-refractivity contribution in [2.45, 2.75) is 5.37 Å². The number of hydrogen-bond donors (Lipinski definition) is 2. The van der Waals surface area contributed by atoms with Crippen molar-refractivity contribution in [2.75, 3.05) is 5.75 Å². The van der Waals surface area contributed by atoms with Crippen LogP contribution in [0.25, 0.3) is 0 Å². The Hall–Kier alpha value is -1.59. The number of nitrogens with one attached hydrogen (secondary N) is 1. The minimum absolute atomic E-state index is 0.190. The van der Waals surface area contributed by atoms with E-state index in [-0.39, 0.29) is 22.6 Å². The van der Waals surface area contributed by atoms with E-state index in [1.807, 2.05) is 0 Å². The van der Waals surface area contributed by atoms with Gasteiger partial charge in [0.15, 0.2) is 5.37 Å². The number of carbonyl (C=O) groups is 2.